The molecule has 3 rings (SSSR count). The van der Waals surface area contributed by atoms with Gasteiger partial charge in [0.05, 0.1) is 47.8 Å². The van der Waals surface area contributed by atoms with Crippen LogP contribution in [0.15, 0.2) is 24.3 Å². The molecule has 14 heteroatoms. The lowest BCUT2D eigenvalue weighted by Gasteiger charge is -2.34. The maximum atomic E-state index is 12.9. The standard InChI is InChI=1S/C24H28N2O11P/c1-6-34-22(28)24(23(29)35-7-2)12-36-38(32,37-13-24)20-15(4)25-14(3)18(21(27)33-5)19(20)16-9-8-10-17(11-16)26(30)31/h8-11,32H,6-7,12-13H2,1-5H3/q+1. The van der Waals surface area contributed by atoms with Gasteiger partial charge in [0, 0.05) is 12.1 Å². The minimum absolute atomic E-state index is 0.0280. The smallest absolute Gasteiger partial charge is 0.448 e. The van der Waals surface area contributed by atoms with E-state index in [9.17, 15) is 29.4 Å². The van der Waals surface area contributed by atoms with E-state index in [1.54, 1.807) is 20.8 Å². The third-order valence-electron chi connectivity index (χ3n) is 5.85. The van der Waals surface area contributed by atoms with Crippen molar-refractivity contribution in [2.24, 2.45) is 5.41 Å². The van der Waals surface area contributed by atoms with E-state index >= 15 is 0 Å². The lowest BCUT2D eigenvalue weighted by Crippen LogP contribution is -2.52. The zero-order chi connectivity index (χ0) is 28.3. The number of carbonyl (C=O) groups is 3. The number of nitro groups is 1. The van der Waals surface area contributed by atoms with Crippen LogP contribution in [0, 0.1) is 29.4 Å². The Hall–Kier alpha value is -3.51. The number of nitro benzene ring substituents is 1. The quantitative estimate of drug-likeness (QED) is 0.127. The molecule has 1 aromatic heterocycles. The number of carbonyl (C=O) groups excluding carboxylic acids is 3. The van der Waals surface area contributed by atoms with Crippen LogP contribution in [0.3, 0.4) is 0 Å². The Kier molecular flexibility index (Phi) is 8.78. The molecule has 1 fully saturated rings. The molecule has 1 aliphatic heterocycles. The van der Waals surface area contributed by atoms with Gasteiger partial charge in [-0.15, -0.1) is 0 Å². The second-order valence-corrected chi connectivity index (χ2v) is 10.3. The van der Waals surface area contributed by atoms with Crippen LogP contribution in [-0.4, -0.2) is 66.2 Å². The van der Waals surface area contributed by atoms with Crippen LogP contribution in [0.1, 0.15) is 35.6 Å². The molecule has 1 N–H and O–H groups in total. The maximum Gasteiger partial charge on any atom is 0.448 e. The molecule has 1 aromatic carbocycles. The van der Waals surface area contributed by atoms with E-state index in [1.807, 2.05) is 0 Å². The highest BCUT2D eigenvalue weighted by molar-refractivity contribution is 7.69. The molecule has 0 amide bonds. The van der Waals surface area contributed by atoms with Crippen LogP contribution in [0.4, 0.5) is 5.69 Å². The van der Waals surface area contributed by atoms with Gasteiger partial charge in [-0.05, 0) is 33.3 Å². The van der Waals surface area contributed by atoms with E-state index in [-0.39, 0.29) is 52.3 Å². The van der Waals surface area contributed by atoms with Crippen molar-refractivity contribution in [3.63, 3.8) is 0 Å². The van der Waals surface area contributed by atoms with Crippen LogP contribution in [-0.2, 0) is 32.8 Å². The van der Waals surface area contributed by atoms with Gasteiger partial charge in [-0.25, -0.2) is 4.79 Å². The van der Waals surface area contributed by atoms with Crippen molar-refractivity contribution in [1.29, 1.82) is 0 Å². The first-order valence-electron chi connectivity index (χ1n) is 11.6. The summed E-state index contributed by atoms with van der Waals surface area (Å²) in [6, 6.07) is 5.42. The Morgan fingerprint density at radius 2 is 1.68 bits per heavy atom. The summed E-state index contributed by atoms with van der Waals surface area (Å²) in [6.07, 6.45) is 0. The van der Waals surface area contributed by atoms with Gasteiger partial charge in [0.1, 0.15) is 13.2 Å². The summed E-state index contributed by atoms with van der Waals surface area (Å²) in [6.45, 7) is 4.85. The molecule has 0 saturated carbocycles. The third-order valence-corrected chi connectivity index (χ3v) is 7.92. The number of rotatable bonds is 8. The van der Waals surface area contributed by atoms with Gasteiger partial charge in [-0.2, -0.15) is 13.9 Å². The van der Waals surface area contributed by atoms with Gasteiger partial charge in [-0.3, -0.25) is 24.7 Å². The van der Waals surface area contributed by atoms with Gasteiger partial charge in [0.15, 0.2) is 0 Å². The Morgan fingerprint density at radius 3 is 2.18 bits per heavy atom. The predicted molar refractivity (Wildman–Crippen MR) is 134 cm³/mol. The molecule has 38 heavy (non-hydrogen) atoms. The number of hydrogen-bond donors (Lipinski definition) is 1. The Morgan fingerprint density at radius 1 is 1.11 bits per heavy atom. The number of non-ortho nitro benzene ring substituents is 1. The summed E-state index contributed by atoms with van der Waals surface area (Å²) in [5, 5.41) is 11.4. The number of pyridine rings is 1. The Bertz CT molecular complexity index is 1250. The molecule has 2 aromatic rings. The van der Waals surface area contributed by atoms with E-state index in [0.29, 0.717) is 0 Å². The first kappa shape index (κ1) is 29.1. The summed E-state index contributed by atoms with van der Waals surface area (Å²) >= 11 is 0. The fourth-order valence-corrected chi connectivity index (χ4v) is 6.16. The Labute approximate surface area is 218 Å². The molecule has 13 nitrogen and oxygen atoms in total. The molecular weight excluding hydrogens is 523 g/mol. The van der Waals surface area contributed by atoms with Crippen molar-refractivity contribution in [2.45, 2.75) is 27.7 Å². The van der Waals surface area contributed by atoms with Crippen molar-refractivity contribution in [3.05, 3.63) is 51.3 Å². The minimum Gasteiger partial charge on any atom is -0.465 e. The summed E-state index contributed by atoms with van der Waals surface area (Å²) in [4.78, 5) is 65.3. The third kappa shape index (κ3) is 5.23. The second-order valence-electron chi connectivity index (χ2n) is 8.27. The molecule has 0 spiro atoms. The van der Waals surface area contributed by atoms with Crippen LogP contribution >= 0.6 is 7.94 Å². The van der Waals surface area contributed by atoms with Gasteiger partial charge >= 0.3 is 25.9 Å². The minimum atomic E-state index is -4.15. The van der Waals surface area contributed by atoms with Crippen LogP contribution in [0.5, 0.6) is 0 Å². The largest absolute Gasteiger partial charge is 0.465 e. The molecule has 0 unspecified atom stereocenters. The molecule has 1 aliphatic rings. The van der Waals surface area contributed by atoms with Crippen molar-refractivity contribution in [3.8, 4) is 11.1 Å². The van der Waals surface area contributed by atoms with E-state index < -0.39 is 49.4 Å². The number of methoxy groups -OCH3 is 1. The first-order valence-corrected chi connectivity index (χ1v) is 13.1. The average Bonchev–Trinajstić information content (AvgIpc) is 2.88. The van der Waals surface area contributed by atoms with Crippen LogP contribution in [0.25, 0.3) is 11.1 Å². The van der Waals surface area contributed by atoms with Gasteiger partial charge in [0.25, 0.3) is 5.69 Å². The number of aryl methyl sites for hydroxylation is 2. The molecular formula is C24H28N2O11P+. The first-order chi connectivity index (χ1) is 18.0. The highest BCUT2D eigenvalue weighted by atomic mass is 31.2. The molecule has 0 aliphatic carbocycles. The zero-order valence-electron chi connectivity index (χ0n) is 21.5. The summed E-state index contributed by atoms with van der Waals surface area (Å²) < 4.78 is 26.5. The van der Waals surface area contributed by atoms with E-state index in [2.05, 4.69) is 4.98 Å². The highest BCUT2D eigenvalue weighted by Gasteiger charge is 2.63. The van der Waals surface area contributed by atoms with E-state index in [4.69, 9.17) is 23.3 Å². The highest BCUT2D eigenvalue weighted by Crippen LogP contribution is 2.62. The molecule has 2 heterocycles. The monoisotopic (exact) mass is 551 g/mol. The molecule has 1 saturated heterocycles. The topological polar surface area (TPSA) is 174 Å². The number of esters is 3. The zero-order valence-corrected chi connectivity index (χ0v) is 22.4. The van der Waals surface area contributed by atoms with Crippen LogP contribution < -0.4 is 5.30 Å². The number of hydrogen-bond acceptors (Lipinski definition) is 12. The lowest BCUT2D eigenvalue weighted by molar-refractivity contribution is -0.384. The second kappa shape index (κ2) is 11.5. The number of benzene rings is 1. The number of aromatic nitrogens is 1. The Balaban J connectivity index is 2.23. The normalized spacial score (nSPS) is 15.8. The predicted octanol–water partition coefficient (Wildman–Crippen LogP) is 2.60. The van der Waals surface area contributed by atoms with Gasteiger partial charge in [0.2, 0.25) is 10.7 Å². The van der Waals surface area contributed by atoms with Crippen molar-refractivity contribution in [2.75, 3.05) is 33.5 Å². The summed E-state index contributed by atoms with van der Waals surface area (Å²) in [7, 11) is -2.99. The van der Waals surface area contributed by atoms with E-state index in [0.717, 1.165) is 7.11 Å². The molecule has 204 valence electrons. The fraction of sp³-hybridized carbons (Fsp3) is 0.417. The number of ether oxygens (including phenoxy) is 3. The fourth-order valence-electron chi connectivity index (χ4n) is 4.06. The average molecular weight is 551 g/mol. The van der Waals surface area contributed by atoms with Gasteiger partial charge < -0.3 is 14.2 Å². The maximum absolute atomic E-state index is 12.9. The molecule has 0 bridgehead atoms. The molecule has 0 radical (unpaired) electrons. The van der Waals surface area contributed by atoms with Crippen molar-refractivity contribution in [1.82, 2.24) is 4.98 Å². The number of nitrogens with zero attached hydrogens (tertiary/aromatic N) is 2. The van der Waals surface area contributed by atoms with Gasteiger partial charge in [-0.1, -0.05) is 12.1 Å². The van der Waals surface area contributed by atoms with Crippen molar-refractivity contribution < 1.29 is 47.5 Å². The summed E-state index contributed by atoms with van der Waals surface area (Å²) in [5.74, 6) is -2.70. The molecule has 0 atom stereocenters. The van der Waals surface area contributed by atoms with Crippen molar-refractivity contribution >= 4 is 36.8 Å². The summed E-state index contributed by atoms with van der Waals surface area (Å²) in [5.41, 5.74) is -1.65. The lowest BCUT2D eigenvalue weighted by atomic mass is 9.90. The van der Waals surface area contributed by atoms with Crippen LogP contribution in [0.2, 0.25) is 0 Å². The SMILES string of the molecule is CCOC(=O)C1(C(=O)OCC)CO[P+](O)(c2c(C)nc(C)c(C(=O)OC)c2-c2cccc([N+](=O)[O-])c2)OC1. The van der Waals surface area contributed by atoms with E-state index in [1.165, 1.54) is 31.2 Å².